The Bertz CT molecular complexity index is 301. The van der Waals surface area contributed by atoms with Crippen LogP contribution in [-0.4, -0.2) is 6.21 Å². The van der Waals surface area contributed by atoms with E-state index in [4.69, 9.17) is 0 Å². The average molecular weight is 130 g/mol. The Morgan fingerprint density at radius 1 is 1.30 bits per heavy atom. The zero-order valence-electron chi connectivity index (χ0n) is 6.10. The number of aliphatic imine (C=N–C) groups is 1. The first kappa shape index (κ1) is 5.66. The topological polar surface area (TPSA) is 12.4 Å². The summed E-state index contributed by atoms with van der Waals surface area (Å²) in [5.74, 6) is 0. The first-order valence-electron chi connectivity index (χ1n) is 3.36. The van der Waals surface area contributed by atoms with Crippen LogP contribution in [0, 0.1) is 0 Å². The summed E-state index contributed by atoms with van der Waals surface area (Å²) in [6.45, 7) is 4.15. The van der Waals surface area contributed by atoms with Gasteiger partial charge in [-0.2, -0.15) is 0 Å². The minimum absolute atomic E-state index is 1.08. The molecule has 0 atom stereocenters. The van der Waals surface area contributed by atoms with Crippen LogP contribution >= 0.6 is 0 Å². The molecule has 1 heterocycles. The molecule has 0 fully saturated rings. The molecule has 1 heteroatoms. The molecule has 1 aliphatic carbocycles. The van der Waals surface area contributed by atoms with Crippen molar-refractivity contribution in [2.45, 2.75) is 13.8 Å². The molecule has 1 radical (unpaired) electrons. The van der Waals surface area contributed by atoms with E-state index in [1.165, 1.54) is 11.1 Å². The zero-order chi connectivity index (χ0) is 7.14. The average Bonchev–Trinajstić information content (AvgIpc) is 2.40. The molecular formula is C9H8N. The summed E-state index contributed by atoms with van der Waals surface area (Å²) in [5, 5.41) is 0. The van der Waals surface area contributed by atoms with Gasteiger partial charge >= 0.3 is 0 Å². The highest BCUT2D eigenvalue weighted by atomic mass is 14.8. The zero-order valence-corrected chi connectivity index (χ0v) is 6.10. The lowest BCUT2D eigenvalue weighted by atomic mass is 10.1. The van der Waals surface area contributed by atoms with E-state index in [-0.39, 0.29) is 0 Å². The standard InChI is InChI=1S/C9H8N/c1-6-3-4-8-9(6)7(2)5-10-8/h3-4H,1-2H3. The third kappa shape index (κ3) is 0.548. The van der Waals surface area contributed by atoms with E-state index in [9.17, 15) is 0 Å². The van der Waals surface area contributed by atoms with E-state index in [1.807, 2.05) is 13.0 Å². The van der Waals surface area contributed by atoms with Crippen LogP contribution in [-0.2, 0) is 0 Å². The minimum Gasteiger partial charge on any atom is -0.246 e. The minimum atomic E-state index is 1.08. The van der Waals surface area contributed by atoms with Crippen LogP contribution in [0.1, 0.15) is 13.8 Å². The van der Waals surface area contributed by atoms with Crippen molar-refractivity contribution in [1.29, 1.82) is 0 Å². The fourth-order valence-electron chi connectivity index (χ4n) is 1.35. The molecule has 10 heavy (non-hydrogen) atoms. The molecule has 0 aromatic carbocycles. The maximum absolute atomic E-state index is 4.11. The number of allylic oxidation sites excluding steroid dienone is 4. The SMILES string of the molecule is CC1=CC=C2N=[C]C(C)=C12. The first-order valence-corrected chi connectivity index (χ1v) is 3.36. The fraction of sp³-hybridized carbons (Fsp3) is 0.222. The summed E-state index contributed by atoms with van der Waals surface area (Å²) in [6.07, 6.45) is 7.08. The lowest BCUT2D eigenvalue weighted by molar-refractivity contribution is 1.34. The van der Waals surface area contributed by atoms with E-state index < -0.39 is 0 Å². The summed E-state index contributed by atoms with van der Waals surface area (Å²) >= 11 is 0. The maximum atomic E-state index is 4.11. The monoisotopic (exact) mass is 130 g/mol. The Morgan fingerprint density at radius 3 is 2.80 bits per heavy atom. The Morgan fingerprint density at radius 2 is 2.10 bits per heavy atom. The van der Waals surface area contributed by atoms with Gasteiger partial charge in [0, 0.05) is 5.57 Å². The van der Waals surface area contributed by atoms with Crippen LogP contribution in [0.5, 0.6) is 0 Å². The van der Waals surface area contributed by atoms with Gasteiger partial charge in [-0.25, -0.2) is 4.99 Å². The van der Waals surface area contributed by atoms with Crippen LogP contribution in [0.25, 0.3) is 0 Å². The molecule has 2 rings (SSSR count). The summed E-state index contributed by atoms with van der Waals surface area (Å²) in [5.41, 5.74) is 4.83. The molecular weight excluding hydrogens is 122 g/mol. The van der Waals surface area contributed by atoms with Gasteiger partial charge in [0.1, 0.15) is 0 Å². The summed E-state index contributed by atoms with van der Waals surface area (Å²) in [7, 11) is 0. The van der Waals surface area contributed by atoms with Crippen molar-refractivity contribution in [2.24, 2.45) is 4.99 Å². The third-order valence-corrected chi connectivity index (χ3v) is 1.86. The normalized spacial score (nSPS) is 21.4. The number of nitrogens with zero attached hydrogens (tertiary/aromatic N) is 1. The number of fused-ring (bicyclic) bond motifs is 1. The summed E-state index contributed by atoms with van der Waals surface area (Å²) in [4.78, 5) is 4.11. The first-order chi connectivity index (χ1) is 4.79. The molecule has 0 spiro atoms. The number of rotatable bonds is 0. The van der Waals surface area contributed by atoms with E-state index in [0.717, 1.165) is 11.3 Å². The summed E-state index contributed by atoms with van der Waals surface area (Å²) < 4.78 is 0. The number of hydrogen-bond donors (Lipinski definition) is 0. The van der Waals surface area contributed by atoms with Gasteiger partial charge in [0.15, 0.2) is 0 Å². The van der Waals surface area contributed by atoms with E-state index >= 15 is 0 Å². The predicted octanol–water partition coefficient (Wildman–Crippen LogP) is 2.11. The van der Waals surface area contributed by atoms with Crippen LogP contribution in [0.4, 0.5) is 0 Å². The molecule has 1 nitrogen and oxygen atoms in total. The molecule has 0 amide bonds. The number of hydrogen-bond acceptors (Lipinski definition) is 1. The van der Waals surface area contributed by atoms with Gasteiger partial charge in [-0.1, -0.05) is 6.08 Å². The van der Waals surface area contributed by atoms with Crippen LogP contribution in [0.15, 0.2) is 39.6 Å². The highest BCUT2D eigenvalue weighted by molar-refractivity contribution is 5.88. The van der Waals surface area contributed by atoms with E-state index in [2.05, 4.69) is 24.2 Å². The Labute approximate surface area is 60.5 Å². The van der Waals surface area contributed by atoms with Gasteiger partial charge in [0.25, 0.3) is 0 Å². The molecule has 0 aromatic rings. The summed E-state index contributed by atoms with van der Waals surface area (Å²) in [6, 6.07) is 0. The van der Waals surface area contributed by atoms with Crippen molar-refractivity contribution in [3.63, 3.8) is 0 Å². The molecule has 0 saturated carbocycles. The Hall–Kier alpha value is -1.11. The molecule has 0 N–H and O–H groups in total. The lowest BCUT2D eigenvalue weighted by Crippen LogP contribution is -1.82. The second-order valence-corrected chi connectivity index (χ2v) is 2.63. The van der Waals surface area contributed by atoms with Crippen LogP contribution in [0.2, 0.25) is 0 Å². The van der Waals surface area contributed by atoms with Crippen molar-refractivity contribution in [1.82, 2.24) is 0 Å². The van der Waals surface area contributed by atoms with Crippen molar-refractivity contribution in [3.8, 4) is 0 Å². The van der Waals surface area contributed by atoms with Gasteiger partial charge in [-0.3, -0.25) is 0 Å². The Balaban J connectivity index is 2.59. The second-order valence-electron chi connectivity index (χ2n) is 2.63. The van der Waals surface area contributed by atoms with Crippen molar-refractivity contribution >= 4 is 6.21 Å². The van der Waals surface area contributed by atoms with Crippen molar-refractivity contribution < 1.29 is 0 Å². The lowest BCUT2D eigenvalue weighted by Gasteiger charge is -1.96. The van der Waals surface area contributed by atoms with Gasteiger partial charge in [-0.15, -0.1) is 0 Å². The molecule has 0 unspecified atom stereocenters. The molecule has 0 bridgehead atoms. The largest absolute Gasteiger partial charge is 0.246 e. The predicted molar refractivity (Wildman–Crippen MR) is 42.0 cm³/mol. The smallest absolute Gasteiger partial charge is 0.0932 e. The fourth-order valence-corrected chi connectivity index (χ4v) is 1.35. The molecule has 49 valence electrons. The Kier molecular flexibility index (Phi) is 0.956. The van der Waals surface area contributed by atoms with Gasteiger partial charge in [0.05, 0.1) is 11.9 Å². The molecule has 1 aliphatic heterocycles. The van der Waals surface area contributed by atoms with E-state index in [1.54, 1.807) is 0 Å². The van der Waals surface area contributed by atoms with Gasteiger partial charge in [0.2, 0.25) is 0 Å². The molecule has 2 aliphatic rings. The maximum Gasteiger partial charge on any atom is 0.0932 e. The molecule has 0 aromatic heterocycles. The van der Waals surface area contributed by atoms with Crippen molar-refractivity contribution in [2.75, 3.05) is 0 Å². The van der Waals surface area contributed by atoms with Crippen molar-refractivity contribution in [3.05, 3.63) is 34.6 Å². The second kappa shape index (κ2) is 1.69. The highest BCUT2D eigenvalue weighted by Crippen LogP contribution is 2.32. The highest BCUT2D eigenvalue weighted by Gasteiger charge is 2.17. The third-order valence-electron chi connectivity index (χ3n) is 1.86. The quantitative estimate of drug-likeness (QED) is 0.476. The van der Waals surface area contributed by atoms with Crippen LogP contribution in [0.3, 0.4) is 0 Å². The van der Waals surface area contributed by atoms with Crippen LogP contribution < -0.4 is 0 Å². The van der Waals surface area contributed by atoms with Gasteiger partial charge in [-0.05, 0) is 31.1 Å². The van der Waals surface area contributed by atoms with E-state index in [0.29, 0.717) is 0 Å². The van der Waals surface area contributed by atoms with Gasteiger partial charge < -0.3 is 0 Å². The molecule has 0 saturated heterocycles.